The lowest BCUT2D eigenvalue weighted by molar-refractivity contribution is 0.986. The van der Waals surface area contributed by atoms with Gasteiger partial charge in [0, 0.05) is 52.0 Å². The molecular weight excluding hydrogens is 617 g/mol. The van der Waals surface area contributed by atoms with Gasteiger partial charge in [-0.3, -0.25) is 0 Å². The summed E-state index contributed by atoms with van der Waals surface area (Å²) in [5.41, 5.74) is 19.9. The molecule has 51 heavy (non-hydrogen) atoms. The van der Waals surface area contributed by atoms with Gasteiger partial charge in [-0.1, -0.05) is 107 Å². The summed E-state index contributed by atoms with van der Waals surface area (Å²) in [7, 11) is 0. The lowest BCUT2D eigenvalue weighted by Crippen LogP contribution is -2.58. The van der Waals surface area contributed by atoms with E-state index >= 15 is 0 Å². The molecule has 0 N–H and O–H groups in total. The molecule has 0 saturated heterocycles. The zero-order valence-electron chi connectivity index (χ0n) is 29.6. The van der Waals surface area contributed by atoms with Crippen LogP contribution in [0.4, 0.5) is 45.5 Å². The number of anilines is 8. The molecule has 0 spiro atoms. The topological polar surface area (TPSA) is 9.72 Å². The number of benzene rings is 7. The highest BCUT2D eigenvalue weighted by molar-refractivity contribution is 6.99. The molecule has 0 unspecified atom stereocenters. The molecule has 0 aliphatic carbocycles. The Kier molecular flexibility index (Phi) is 7.54. The molecule has 2 aliphatic rings. The first-order valence-corrected chi connectivity index (χ1v) is 17.9. The van der Waals surface area contributed by atoms with Crippen molar-refractivity contribution in [1.29, 1.82) is 0 Å². The van der Waals surface area contributed by atoms with E-state index in [-0.39, 0.29) is 6.71 Å². The average Bonchev–Trinajstić information content (AvgIpc) is 3.29. The molecule has 0 bridgehead atoms. The molecule has 4 heteroatoms. The van der Waals surface area contributed by atoms with E-state index in [1.807, 2.05) is 0 Å². The van der Waals surface area contributed by atoms with E-state index in [1.54, 1.807) is 0 Å². The van der Waals surface area contributed by atoms with Gasteiger partial charge in [0.25, 0.3) is 0 Å². The molecule has 246 valence electrons. The van der Waals surface area contributed by atoms with Crippen LogP contribution in [0.3, 0.4) is 0 Å². The molecule has 3 nitrogen and oxygen atoms in total. The molecular formula is C47H40BN3. The summed E-state index contributed by atoms with van der Waals surface area (Å²) in [6, 6.07) is 58.5. The van der Waals surface area contributed by atoms with E-state index in [2.05, 4.69) is 200 Å². The van der Waals surface area contributed by atoms with Gasteiger partial charge in [0.15, 0.2) is 0 Å². The Morgan fingerprint density at radius 3 is 1.55 bits per heavy atom. The maximum Gasteiger partial charge on any atom is 0.249 e. The van der Waals surface area contributed by atoms with Crippen LogP contribution >= 0.6 is 0 Å². The normalized spacial score (nSPS) is 12.9. The van der Waals surface area contributed by atoms with Crippen LogP contribution < -0.4 is 31.1 Å². The number of para-hydroxylation sites is 2. The first-order valence-electron chi connectivity index (χ1n) is 17.9. The van der Waals surface area contributed by atoms with Crippen molar-refractivity contribution in [1.82, 2.24) is 0 Å². The summed E-state index contributed by atoms with van der Waals surface area (Å²) in [5.74, 6) is 0. The zero-order chi connectivity index (χ0) is 34.6. The largest absolute Gasteiger partial charge is 0.337 e. The van der Waals surface area contributed by atoms with Gasteiger partial charge in [0.2, 0.25) is 6.71 Å². The van der Waals surface area contributed by atoms with Gasteiger partial charge in [-0.2, -0.15) is 0 Å². The predicted octanol–water partition coefficient (Wildman–Crippen LogP) is 10.3. The van der Waals surface area contributed by atoms with Crippen LogP contribution in [0.5, 0.6) is 0 Å². The second kappa shape index (κ2) is 12.4. The van der Waals surface area contributed by atoms with Crippen molar-refractivity contribution in [3.63, 3.8) is 0 Å². The Morgan fingerprint density at radius 2 is 0.961 bits per heavy atom. The van der Waals surface area contributed by atoms with E-state index in [9.17, 15) is 0 Å². The first kappa shape index (κ1) is 31.0. The van der Waals surface area contributed by atoms with Gasteiger partial charge in [0.05, 0.1) is 0 Å². The van der Waals surface area contributed by atoms with Crippen LogP contribution in [0.25, 0.3) is 0 Å². The van der Waals surface area contributed by atoms with E-state index in [0.717, 1.165) is 23.6 Å². The Hall–Kier alpha value is -6.00. The van der Waals surface area contributed by atoms with Crippen LogP contribution in [0.15, 0.2) is 158 Å². The van der Waals surface area contributed by atoms with Gasteiger partial charge in [-0.05, 0) is 122 Å². The maximum atomic E-state index is 2.53. The lowest BCUT2D eigenvalue weighted by atomic mass is 9.34. The number of hydrogen-bond acceptors (Lipinski definition) is 3. The number of nitrogens with zero attached hydrogens (tertiary/aromatic N) is 3. The van der Waals surface area contributed by atoms with E-state index < -0.39 is 0 Å². The minimum Gasteiger partial charge on any atom is -0.337 e. The summed E-state index contributed by atoms with van der Waals surface area (Å²) in [6.45, 7) is 9.58. The third-order valence-electron chi connectivity index (χ3n) is 10.5. The van der Waals surface area contributed by atoms with Gasteiger partial charge in [0.1, 0.15) is 0 Å². The standard InChI is InChI=1S/C47H40BN3/c1-32-15-21-37(22-16-32)49-31-36-29-41(50(38-11-7-5-8-12-38)39-13-9-6-10-14-39)30-46-47(36)48(42-27-34(3)19-25-44(42)49)43-28-35(4)20-26-45(43)51(46)40-23-17-33(2)18-24-40/h5-30H,31H2,1-4H3. The monoisotopic (exact) mass is 657 g/mol. The summed E-state index contributed by atoms with van der Waals surface area (Å²) >= 11 is 0. The van der Waals surface area contributed by atoms with Crippen molar-refractivity contribution in [2.45, 2.75) is 34.2 Å². The van der Waals surface area contributed by atoms with Crippen LogP contribution in [-0.2, 0) is 6.54 Å². The summed E-state index contributed by atoms with van der Waals surface area (Å²) in [5, 5.41) is 0. The first-order chi connectivity index (χ1) is 24.9. The SMILES string of the molecule is Cc1ccc(N2Cc3cc(N(c4ccccc4)c4ccccc4)cc4c3B(c3cc(C)ccc32)c2cc(C)ccc2N4c2ccc(C)cc2)cc1. The van der Waals surface area contributed by atoms with Gasteiger partial charge in [-0.25, -0.2) is 0 Å². The molecule has 0 radical (unpaired) electrons. The summed E-state index contributed by atoms with van der Waals surface area (Å²) in [4.78, 5) is 7.45. The predicted molar refractivity (Wildman–Crippen MR) is 218 cm³/mol. The number of aryl methyl sites for hydroxylation is 4. The van der Waals surface area contributed by atoms with E-state index in [1.165, 1.54) is 72.6 Å². The zero-order valence-corrected chi connectivity index (χ0v) is 29.6. The van der Waals surface area contributed by atoms with Crippen LogP contribution in [-0.4, -0.2) is 6.71 Å². The summed E-state index contributed by atoms with van der Waals surface area (Å²) < 4.78 is 0. The molecule has 2 heterocycles. The maximum absolute atomic E-state index is 2.53. The highest BCUT2D eigenvalue weighted by atomic mass is 15.2. The highest BCUT2D eigenvalue weighted by Gasteiger charge is 2.41. The molecule has 7 aromatic carbocycles. The van der Waals surface area contributed by atoms with Gasteiger partial charge in [-0.15, -0.1) is 0 Å². The Balaban J connectivity index is 1.39. The second-order valence-electron chi connectivity index (χ2n) is 14.2. The van der Waals surface area contributed by atoms with Crippen molar-refractivity contribution in [3.05, 3.63) is 186 Å². The quantitative estimate of drug-likeness (QED) is 0.171. The van der Waals surface area contributed by atoms with Crippen molar-refractivity contribution >= 4 is 68.6 Å². The van der Waals surface area contributed by atoms with E-state index in [4.69, 9.17) is 0 Å². The molecule has 0 aromatic heterocycles. The van der Waals surface area contributed by atoms with Gasteiger partial charge >= 0.3 is 0 Å². The molecule has 2 aliphatic heterocycles. The third-order valence-corrected chi connectivity index (χ3v) is 10.5. The van der Waals surface area contributed by atoms with Crippen LogP contribution in [0.1, 0.15) is 27.8 Å². The van der Waals surface area contributed by atoms with Crippen LogP contribution in [0, 0.1) is 27.7 Å². The Labute approximate surface area is 302 Å². The second-order valence-corrected chi connectivity index (χ2v) is 14.2. The van der Waals surface area contributed by atoms with Crippen molar-refractivity contribution < 1.29 is 0 Å². The molecule has 0 fully saturated rings. The van der Waals surface area contributed by atoms with Gasteiger partial charge < -0.3 is 14.7 Å². The Bertz CT molecular complexity index is 2350. The smallest absolute Gasteiger partial charge is 0.249 e. The number of rotatable bonds is 5. The van der Waals surface area contributed by atoms with Crippen molar-refractivity contribution in [2.24, 2.45) is 0 Å². The fourth-order valence-corrected chi connectivity index (χ4v) is 8.11. The molecule has 0 saturated carbocycles. The molecule has 0 atom stereocenters. The fraction of sp³-hybridized carbons (Fsp3) is 0.106. The fourth-order valence-electron chi connectivity index (χ4n) is 8.11. The van der Waals surface area contributed by atoms with Crippen LogP contribution in [0.2, 0.25) is 0 Å². The number of hydrogen-bond donors (Lipinski definition) is 0. The molecule has 0 amide bonds. The minimum absolute atomic E-state index is 0.0629. The van der Waals surface area contributed by atoms with E-state index in [0.29, 0.717) is 0 Å². The van der Waals surface area contributed by atoms with Crippen molar-refractivity contribution in [2.75, 3.05) is 14.7 Å². The minimum atomic E-state index is 0.0629. The molecule has 7 aromatic rings. The Morgan fingerprint density at radius 1 is 0.451 bits per heavy atom. The van der Waals surface area contributed by atoms with Crippen molar-refractivity contribution in [3.8, 4) is 0 Å². The summed E-state index contributed by atoms with van der Waals surface area (Å²) in [6.07, 6.45) is 0. The molecule has 9 rings (SSSR count). The average molecular weight is 658 g/mol. The number of fused-ring (bicyclic) bond motifs is 4. The lowest BCUT2D eigenvalue weighted by Gasteiger charge is -2.39. The highest BCUT2D eigenvalue weighted by Crippen LogP contribution is 2.44. The third kappa shape index (κ3) is 5.39.